The molecule has 0 saturated heterocycles. The summed E-state index contributed by atoms with van der Waals surface area (Å²) >= 11 is 5.38. The second-order valence-electron chi connectivity index (χ2n) is 4.43. The smallest absolute Gasteiger partial charge is 0.0992 e. The molecule has 0 spiro atoms. The minimum Gasteiger partial charge on any atom is -0.384 e. The molecule has 1 saturated carbocycles. The van der Waals surface area contributed by atoms with Crippen LogP contribution in [0.25, 0.3) is 0 Å². The van der Waals surface area contributed by atoms with Crippen LogP contribution in [-0.2, 0) is 0 Å². The molecule has 0 aromatic heterocycles. The summed E-state index contributed by atoms with van der Waals surface area (Å²) in [5.74, 6) is 0. The average molecular weight is 311 g/mol. The van der Waals surface area contributed by atoms with Crippen LogP contribution in [0.4, 0.5) is 5.69 Å². The molecule has 0 aliphatic heterocycles. The van der Waals surface area contributed by atoms with Gasteiger partial charge >= 0.3 is 0 Å². The van der Waals surface area contributed by atoms with Gasteiger partial charge in [0.2, 0.25) is 0 Å². The molecule has 0 atom stereocenters. The zero-order valence-corrected chi connectivity index (χ0v) is 12.2. The van der Waals surface area contributed by atoms with Gasteiger partial charge in [-0.2, -0.15) is 17.0 Å². The molecule has 1 fully saturated rings. The summed E-state index contributed by atoms with van der Waals surface area (Å²) in [5.41, 5.74) is 1.71. The topological polar surface area (TPSA) is 35.8 Å². The predicted octanol–water partition coefficient (Wildman–Crippen LogP) is 4.02. The number of halogens is 1. The third-order valence-electron chi connectivity index (χ3n) is 3.34. The lowest BCUT2D eigenvalue weighted by molar-refractivity contribution is 0.380. The number of hydrogen-bond donors (Lipinski definition) is 1. The molecular formula is C13H15BrN2S. The van der Waals surface area contributed by atoms with Gasteiger partial charge in [0.25, 0.3) is 0 Å². The molecule has 1 N–H and O–H groups in total. The fourth-order valence-corrected chi connectivity index (χ4v) is 3.45. The summed E-state index contributed by atoms with van der Waals surface area (Å²) < 4.78 is 1.36. The first-order valence-corrected chi connectivity index (χ1v) is 7.69. The summed E-state index contributed by atoms with van der Waals surface area (Å²) in [5, 5.41) is 12.4. The fraction of sp³-hybridized carbons (Fsp3) is 0.462. The van der Waals surface area contributed by atoms with Gasteiger partial charge in [-0.15, -0.1) is 0 Å². The number of nitrogens with zero attached hydrogens (tertiary/aromatic N) is 1. The normalized spacial score (nSPS) is 17.0. The molecule has 1 aromatic rings. The van der Waals surface area contributed by atoms with Gasteiger partial charge in [-0.05, 0) is 37.3 Å². The van der Waals surface area contributed by atoms with E-state index in [9.17, 15) is 0 Å². The summed E-state index contributed by atoms with van der Waals surface area (Å²) in [6.07, 6.45) is 6.10. The highest BCUT2D eigenvalue weighted by Gasteiger charge is 2.35. The Balaban J connectivity index is 2.04. The van der Waals surface area contributed by atoms with Crippen LogP contribution in [0.15, 0.2) is 22.7 Å². The van der Waals surface area contributed by atoms with E-state index in [0.717, 1.165) is 16.7 Å². The zero-order valence-electron chi connectivity index (χ0n) is 9.79. The van der Waals surface area contributed by atoms with Crippen molar-refractivity contribution in [1.82, 2.24) is 0 Å². The van der Waals surface area contributed by atoms with E-state index in [1.807, 2.05) is 30.0 Å². The van der Waals surface area contributed by atoms with Crippen LogP contribution in [0, 0.1) is 11.3 Å². The molecule has 0 radical (unpaired) electrons. The Morgan fingerprint density at radius 2 is 2.24 bits per heavy atom. The molecule has 2 nitrogen and oxygen atoms in total. The van der Waals surface area contributed by atoms with E-state index in [4.69, 9.17) is 5.26 Å². The highest BCUT2D eigenvalue weighted by atomic mass is 79.9. The fourth-order valence-electron chi connectivity index (χ4n) is 2.04. The molecule has 0 heterocycles. The zero-order chi connectivity index (χ0) is 12.3. The van der Waals surface area contributed by atoms with E-state index >= 15 is 0 Å². The van der Waals surface area contributed by atoms with Crippen molar-refractivity contribution >= 4 is 33.4 Å². The van der Waals surface area contributed by atoms with Crippen molar-refractivity contribution in [2.75, 3.05) is 18.1 Å². The van der Waals surface area contributed by atoms with Crippen molar-refractivity contribution in [2.24, 2.45) is 0 Å². The Kier molecular flexibility index (Phi) is 4.01. The standard InChI is InChI=1S/C13H15BrN2S/c1-17-13(3-2-4-13)9-16-12-6-10(8-15)5-11(14)7-12/h5-7,16H,2-4,9H2,1H3. The van der Waals surface area contributed by atoms with Gasteiger partial charge in [0.15, 0.2) is 0 Å². The van der Waals surface area contributed by atoms with Gasteiger partial charge in [-0.3, -0.25) is 0 Å². The second kappa shape index (κ2) is 5.32. The van der Waals surface area contributed by atoms with Crippen LogP contribution in [0.1, 0.15) is 24.8 Å². The molecule has 2 rings (SSSR count). The largest absolute Gasteiger partial charge is 0.384 e. The third-order valence-corrected chi connectivity index (χ3v) is 5.22. The van der Waals surface area contributed by atoms with Gasteiger partial charge < -0.3 is 5.32 Å². The van der Waals surface area contributed by atoms with Crippen LogP contribution in [0.3, 0.4) is 0 Å². The van der Waals surface area contributed by atoms with E-state index in [0.29, 0.717) is 10.3 Å². The van der Waals surface area contributed by atoms with Gasteiger partial charge in [0.1, 0.15) is 0 Å². The first kappa shape index (κ1) is 12.8. The van der Waals surface area contributed by atoms with Crippen LogP contribution in [-0.4, -0.2) is 17.5 Å². The Hall–Kier alpha value is -0.660. The lowest BCUT2D eigenvalue weighted by Gasteiger charge is -2.40. The number of hydrogen-bond acceptors (Lipinski definition) is 3. The maximum absolute atomic E-state index is 8.92. The first-order chi connectivity index (χ1) is 8.17. The van der Waals surface area contributed by atoms with Crippen LogP contribution in [0.2, 0.25) is 0 Å². The van der Waals surface area contributed by atoms with Crippen molar-refractivity contribution in [3.05, 3.63) is 28.2 Å². The number of thioether (sulfide) groups is 1. The lowest BCUT2D eigenvalue weighted by atomic mass is 9.84. The molecule has 0 bridgehead atoms. The van der Waals surface area contributed by atoms with Gasteiger partial charge in [-0.1, -0.05) is 22.4 Å². The molecule has 0 amide bonds. The molecule has 4 heteroatoms. The maximum Gasteiger partial charge on any atom is 0.0992 e. The molecule has 90 valence electrons. The monoisotopic (exact) mass is 310 g/mol. The van der Waals surface area contributed by atoms with Gasteiger partial charge in [-0.25, -0.2) is 0 Å². The van der Waals surface area contributed by atoms with E-state index in [1.165, 1.54) is 19.3 Å². The van der Waals surface area contributed by atoms with E-state index < -0.39 is 0 Å². The van der Waals surface area contributed by atoms with E-state index in [2.05, 4.69) is 33.6 Å². The van der Waals surface area contributed by atoms with Gasteiger partial charge in [0.05, 0.1) is 11.6 Å². The molecule has 1 aliphatic carbocycles. The highest BCUT2D eigenvalue weighted by molar-refractivity contribution is 9.10. The van der Waals surface area contributed by atoms with Crippen molar-refractivity contribution in [3.63, 3.8) is 0 Å². The lowest BCUT2D eigenvalue weighted by Crippen LogP contribution is -2.40. The summed E-state index contributed by atoms with van der Waals surface area (Å²) in [4.78, 5) is 0. The van der Waals surface area contributed by atoms with Crippen LogP contribution < -0.4 is 5.32 Å². The summed E-state index contributed by atoms with van der Waals surface area (Å²) in [6, 6.07) is 7.93. The van der Waals surface area contributed by atoms with Crippen molar-refractivity contribution < 1.29 is 0 Å². The third kappa shape index (κ3) is 2.97. The first-order valence-electron chi connectivity index (χ1n) is 5.67. The quantitative estimate of drug-likeness (QED) is 0.912. The minimum atomic E-state index is 0.412. The Labute approximate surface area is 115 Å². The van der Waals surface area contributed by atoms with Crippen molar-refractivity contribution in [2.45, 2.75) is 24.0 Å². The number of rotatable bonds is 4. The number of anilines is 1. The average Bonchev–Trinajstić information content (AvgIpc) is 2.27. The number of nitrogens with one attached hydrogen (secondary N) is 1. The highest BCUT2D eigenvalue weighted by Crippen LogP contribution is 2.42. The Bertz CT molecular complexity index is 444. The molecule has 1 aliphatic rings. The summed E-state index contributed by atoms with van der Waals surface area (Å²) in [6.45, 7) is 0.982. The number of nitriles is 1. The minimum absolute atomic E-state index is 0.412. The van der Waals surface area contributed by atoms with E-state index in [-0.39, 0.29) is 0 Å². The van der Waals surface area contributed by atoms with E-state index in [1.54, 1.807) is 0 Å². The molecular weight excluding hydrogens is 296 g/mol. The van der Waals surface area contributed by atoms with Crippen LogP contribution >= 0.6 is 27.7 Å². The second-order valence-corrected chi connectivity index (χ2v) is 6.62. The molecule has 17 heavy (non-hydrogen) atoms. The Morgan fingerprint density at radius 1 is 1.47 bits per heavy atom. The predicted molar refractivity (Wildman–Crippen MR) is 77.4 cm³/mol. The van der Waals surface area contributed by atoms with Crippen LogP contribution in [0.5, 0.6) is 0 Å². The van der Waals surface area contributed by atoms with Gasteiger partial charge in [0, 0.05) is 21.5 Å². The summed E-state index contributed by atoms with van der Waals surface area (Å²) in [7, 11) is 0. The Morgan fingerprint density at radius 3 is 2.76 bits per heavy atom. The number of benzene rings is 1. The maximum atomic E-state index is 8.92. The SMILES string of the molecule is CSC1(CNc2cc(Br)cc(C#N)c2)CCC1. The molecule has 1 aromatic carbocycles. The molecule has 0 unspecified atom stereocenters. The van der Waals surface area contributed by atoms with Crippen molar-refractivity contribution in [3.8, 4) is 6.07 Å². The van der Waals surface area contributed by atoms with Crippen molar-refractivity contribution in [1.29, 1.82) is 5.26 Å².